The first-order valence-electron chi connectivity index (χ1n) is 8.77. The predicted octanol–water partition coefficient (Wildman–Crippen LogP) is 1.98. The molecule has 2 aromatic rings. The zero-order valence-electron chi connectivity index (χ0n) is 15.1. The predicted molar refractivity (Wildman–Crippen MR) is 99.5 cm³/mol. The summed E-state index contributed by atoms with van der Waals surface area (Å²) in [6.45, 7) is 4.34. The van der Waals surface area contributed by atoms with Gasteiger partial charge in [0.1, 0.15) is 0 Å². The molecule has 25 heavy (non-hydrogen) atoms. The molecule has 0 bridgehead atoms. The summed E-state index contributed by atoms with van der Waals surface area (Å²) in [5, 5.41) is 3.44. The van der Waals surface area contributed by atoms with Gasteiger partial charge in [0.25, 0.3) is 0 Å². The summed E-state index contributed by atoms with van der Waals surface area (Å²) in [6, 6.07) is 8.66. The van der Waals surface area contributed by atoms with Gasteiger partial charge in [-0.3, -0.25) is 4.99 Å². The molecule has 0 amide bonds. The van der Waals surface area contributed by atoms with E-state index >= 15 is 0 Å². The molecule has 2 heterocycles. The van der Waals surface area contributed by atoms with E-state index in [1.807, 2.05) is 19.6 Å². The van der Waals surface area contributed by atoms with Gasteiger partial charge < -0.3 is 19.5 Å². The molecule has 1 N–H and O–H groups in total. The number of guanidine groups is 1. The Hall–Kier alpha value is -2.34. The van der Waals surface area contributed by atoms with Crippen LogP contribution in [0.5, 0.6) is 0 Å². The Morgan fingerprint density at radius 1 is 1.36 bits per heavy atom. The number of ether oxygens (including phenoxy) is 1. The van der Waals surface area contributed by atoms with E-state index in [1.165, 1.54) is 11.1 Å². The summed E-state index contributed by atoms with van der Waals surface area (Å²) >= 11 is 0. The Balaban J connectivity index is 1.49. The number of benzene rings is 1. The topological polar surface area (TPSA) is 54.7 Å². The van der Waals surface area contributed by atoms with Crippen LogP contribution in [0, 0.1) is 5.92 Å². The maximum absolute atomic E-state index is 5.46. The number of rotatable bonds is 6. The highest BCUT2D eigenvalue weighted by atomic mass is 16.5. The van der Waals surface area contributed by atoms with Crippen LogP contribution >= 0.6 is 0 Å². The molecule has 1 aliphatic heterocycles. The van der Waals surface area contributed by atoms with E-state index in [9.17, 15) is 0 Å². The molecule has 3 rings (SSSR count). The third-order valence-corrected chi connectivity index (χ3v) is 4.53. The fourth-order valence-corrected chi connectivity index (χ4v) is 3.12. The van der Waals surface area contributed by atoms with E-state index in [0.717, 1.165) is 45.2 Å². The third-order valence-electron chi connectivity index (χ3n) is 4.53. The first kappa shape index (κ1) is 17.5. The van der Waals surface area contributed by atoms with E-state index in [0.29, 0.717) is 5.92 Å². The van der Waals surface area contributed by atoms with Crippen molar-refractivity contribution in [3.8, 4) is 0 Å². The van der Waals surface area contributed by atoms with Crippen LogP contribution in [0.25, 0.3) is 0 Å². The Bertz CT molecular complexity index is 660. The Morgan fingerprint density at radius 2 is 2.16 bits per heavy atom. The van der Waals surface area contributed by atoms with E-state index in [2.05, 4.69) is 56.1 Å². The van der Waals surface area contributed by atoms with Gasteiger partial charge in [0, 0.05) is 58.6 Å². The van der Waals surface area contributed by atoms with Crippen molar-refractivity contribution in [2.45, 2.75) is 19.5 Å². The zero-order chi connectivity index (χ0) is 17.5. The standard InChI is InChI=1S/C19H27N5O/c1-20-19(23(2)12-18-7-10-25-14-18)22-11-16-3-5-17(6-4-16)13-24-9-8-21-15-24/h3-6,8-9,15,18H,7,10-14H2,1-2H3,(H,20,22). The SMILES string of the molecule is CN=C(NCc1ccc(Cn2ccnc2)cc1)N(C)CC1CCOC1. The minimum Gasteiger partial charge on any atom is -0.381 e. The second-order valence-electron chi connectivity index (χ2n) is 6.56. The lowest BCUT2D eigenvalue weighted by atomic mass is 10.1. The molecule has 1 aromatic heterocycles. The lowest BCUT2D eigenvalue weighted by Crippen LogP contribution is -2.41. The molecule has 1 aliphatic rings. The van der Waals surface area contributed by atoms with Crippen LogP contribution in [0.3, 0.4) is 0 Å². The molecule has 1 fully saturated rings. The molecular weight excluding hydrogens is 314 g/mol. The Kier molecular flexibility index (Phi) is 6.06. The number of aliphatic imine (C=N–C) groups is 1. The molecule has 6 nitrogen and oxygen atoms in total. The fourth-order valence-electron chi connectivity index (χ4n) is 3.12. The van der Waals surface area contributed by atoms with E-state index in [1.54, 1.807) is 6.20 Å². The van der Waals surface area contributed by atoms with E-state index in [-0.39, 0.29) is 0 Å². The van der Waals surface area contributed by atoms with Gasteiger partial charge in [-0.05, 0) is 17.5 Å². The lowest BCUT2D eigenvalue weighted by Gasteiger charge is -2.24. The van der Waals surface area contributed by atoms with Crippen LogP contribution in [0.4, 0.5) is 0 Å². The van der Waals surface area contributed by atoms with Gasteiger partial charge in [0.15, 0.2) is 5.96 Å². The molecule has 0 spiro atoms. The van der Waals surface area contributed by atoms with Gasteiger partial charge >= 0.3 is 0 Å². The summed E-state index contributed by atoms with van der Waals surface area (Å²) < 4.78 is 7.52. The molecule has 1 aromatic carbocycles. The minimum absolute atomic E-state index is 0.603. The normalized spacial score (nSPS) is 17.7. The second-order valence-corrected chi connectivity index (χ2v) is 6.56. The second kappa shape index (κ2) is 8.67. The average Bonchev–Trinajstić information content (AvgIpc) is 3.31. The van der Waals surface area contributed by atoms with Crippen molar-refractivity contribution in [2.75, 3.05) is 33.9 Å². The van der Waals surface area contributed by atoms with Crippen molar-refractivity contribution in [1.82, 2.24) is 19.8 Å². The van der Waals surface area contributed by atoms with Gasteiger partial charge in [0.05, 0.1) is 12.9 Å². The molecule has 6 heteroatoms. The van der Waals surface area contributed by atoms with Crippen LogP contribution in [-0.2, 0) is 17.8 Å². The molecule has 1 unspecified atom stereocenters. The monoisotopic (exact) mass is 341 g/mol. The largest absolute Gasteiger partial charge is 0.381 e. The lowest BCUT2D eigenvalue weighted by molar-refractivity contribution is 0.181. The summed E-state index contributed by atoms with van der Waals surface area (Å²) in [6.07, 6.45) is 6.76. The highest BCUT2D eigenvalue weighted by molar-refractivity contribution is 5.79. The van der Waals surface area contributed by atoms with Gasteiger partial charge in [-0.1, -0.05) is 24.3 Å². The molecule has 1 atom stereocenters. The van der Waals surface area contributed by atoms with Gasteiger partial charge in [-0.2, -0.15) is 0 Å². The van der Waals surface area contributed by atoms with Gasteiger partial charge in [0.2, 0.25) is 0 Å². The minimum atomic E-state index is 0.603. The summed E-state index contributed by atoms with van der Waals surface area (Å²) in [5.74, 6) is 1.53. The van der Waals surface area contributed by atoms with Gasteiger partial charge in [-0.25, -0.2) is 4.98 Å². The van der Waals surface area contributed by atoms with Crippen molar-refractivity contribution in [3.05, 3.63) is 54.1 Å². The highest BCUT2D eigenvalue weighted by Crippen LogP contribution is 2.13. The van der Waals surface area contributed by atoms with Gasteiger partial charge in [-0.15, -0.1) is 0 Å². The number of imidazole rings is 1. The van der Waals surface area contributed by atoms with Crippen molar-refractivity contribution in [2.24, 2.45) is 10.9 Å². The van der Waals surface area contributed by atoms with Crippen LogP contribution in [0.2, 0.25) is 0 Å². The highest BCUT2D eigenvalue weighted by Gasteiger charge is 2.18. The molecule has 1 saturated heterocycles. The molecular formula is C19H27N5O. The van der Waals surface area contributed by atoms with Crippen molar-refractivity contribution >= 4 is 5.96 Å². The van der Waals surface area contributed by atoms with E-state index in [4.69, 9.17) is 4.74 Å². The molecule has 0 saturated carbocycles. The quantitative estimate of drug-likeness (QED) is 0.645. The Labute approximate surface area is 149 Å². The number of nitrogens with zero attached hydrogens (tertiary/aromatic N) is 4. The molecule has 134 valence electrons. The molecule has 0 radical (unpaired) electrons. The number of hydrogen-bond donors (Lipinski definition) is 1. The average molecular weight is 341 g/mol. The third kappa shape index (κ3) is 5.06. The summed E-state index contributed by atoms with van der Waals surface area (Å²) in [7, 11) is 3.92. The van der Waals surface area contributed by atoms with Crippen molar-refractivity contribution < 1.29 is 4.74 Å². The van der Waals surface area contributed by atoms with Crippen molar-refractivity contribution in [3.63, 3.8) is 0 Å². The van der Waals surface area contributed by atoms with Crippen LogP contribution in [0.15, 0.2) is 48.0 Å². The first-order chi connectivity index (χ1) is 12.2. The Morgan fingerprint density at radius 3 is 2.80 bits per heavy atom. The molecule has 0 aliphatic carbocycles. The number of nitrogens with one attached hydrogen (secondary N) is 1. The fraction of sp³-hybridized carbons (Fsp3) is 0.474. The first-order valence-corrected chi connectivity index (χ1v) is 8.77. The van der Waals surface area contributed by atoms with E-state index < -0.39 is 0 Å². The maximum atomic E-state index is 5.46. The summed E-state index contributed by atoms with van der Waals surface area (Å²) in [5.41, 5.74) is 2.51. The number of aromatic nitrogens is 2. The van der Waals surface area contributed by atoms with Crippen molar-refractivity contribution in [1.29, 1.82) is 0 Å². The van der Waals surface area contributed by atoms with Crippen LogP contribution in [0.1, 0.15) is 17.5 Å². The number of hydrogen-bond acceptors (Lipinski definition) is 3. The van der Waals surface area contributed by atoms with Crippen LogP contribution < -0.4 is 5.32 Å². The summed E-state index contributed by atoms with van der Waals surface area (Å²) in [4.78, 5) is 10.7. The van der Waals surface area contributed by atoms with Crippen LogP contribution in [-0.4, -0.2) is 54.3 Å². The maximum Gasteiger partial charge on any atom is 0.193 e. The zero-order valence-corrected chi connectivity index (χ0v) is 15.1. The smallest absolute Gasteiger partial charge is 0.193 e.